The number of nitrogens with zero attached hydrogens (tertiary/aromatic N) is 2. The van der Waals surface area contributed by atoms with Gasteiger partial charge in [-0.2, -0.15) is 10.5 Å². The highest BCUT2D eigenvalue weighted by atomic mass is 35.5. The fourth-order valence-corrected chi connectivity index (χ4v) is 1.00. The van der Waals surface area contributed by atoms with E-state index in [9.17, 15) is 0 Å². The molecular formula is C10H5ClN2. The summed E-state index contributed by atoms with van der Waals surface area (Å²) in [7, 11) is 0. The first-order valence-electron chi connectivity index (χ1n) is 3.53. The molecule has 62 valence electrons. The molecule has 0 bridgehead atoms. The van der Waals surface area contributed by atoms with Crippen LogP contribution in [0.15, 0.2) is 30.3 Å². The van der Waals surface area contributed by atoms with Gasteiger partial charge in [0.05, 0.1) is 11.6 Å². The number of hydrogen-bond donors (Lipinski definition) is 0. The zero-order valence-corrected chi connectivity index (χ0v) is 7.42. The number of hydrogen-bond acceptors (Lipinski definition) is 2. The van der Waals surface area contributed by atoms with Gasteiger partial charge in [-0.05, 0) is 17.7 Å². The van der Waals surface area contributed by atoms with Gasteiger partial charge in [0.25, 0.3) is 0 Å². The van der Waals surface area contributed by atoms with Crippen molar-refractivity contribution < 1.29 is 0 Å². The van der Waals surface area contributed by atoms with Crippen molar-refractivity contribution >= 4 is 17.2 Å². The molecule has 0 aromatic heterocycles. The van der Waals surface area contributed by atoms with E-state index in [0.29, 0.717) is 16.2 Å². The van der Waals surface area contributed by atoms with Crippen molar-refractivity contribution in [2.45, 2.75) is 0 Å². The van der Waals surface area contributed by atoms with Gasteiger partial charge in [-0.1, -0.05) is 23.7 Å². The van der Waals surface area contributed by atoms with Crippen LogP contribution in [0.1, 0.15) is 5.56 Å². The highest BCUT2D eigenvalue weighted by Gasteiger charge is 1.98. The Hall–Kier alpha value is -1.77. The van der Waals surface area contributed by atoms with Crippen LogP contribution in [-0.2, 0) is 0 Å². The third-order valence-corrected chi connectivity index (χ3v) is 1.74. The van der Waals surface area contributed by atoms with Crippen LogP contribution in [0.3, 0.4) is 0 Å². The molecular weight excluding hydrogens is 184 g/mol. The van der Waals surface area contributed by atoms with E-state index in [4.69, 9.17) is 22.1 Å². The molecule has 0 unspecified atom stereocenters. The van der Waals surface area contributed by atoms with Crippen molar-refractivity contribution in [1.82, 2.24) is 0 Å². The van der Waals surface area contributed by atoms with E-state index >= 15 is 0 Å². The third kappa shape index (κ3) is 2.33. The van der Waals surface area contributed by atoms with E-state index in [0.717, 1.165) is 0 Å². The Balaban J connectivity index is 3.10. The summed E-state index contributed by atoms with van der Waals surface area (Å²) in [5.41, 5.74) is 1.05. The number of rotatable bonds is 1. The average molecular weight is 189 g/mol. The summed E-state index contributed by atoms with van der Waals surface area (Å²) in [4.78, 5) is 0. The lowest BCUT2D eigenvalue weighted by atomic mass is 10.1. The van der Waals surface area contributed by atoms with Crippen molar-refractivity contribution in [1.29, 1.82) is 10.5 Å². The maximum absolute atomic E-state index is 8.68. The van der Waals surface area contributed by atoms with E-state index < -0.39 is 0 Å². The van der Waals surface area contributed by atoms with E-state index in [2.05, 4.69) is 0 Å². The molecule has 1 rings (SSSR count). The van der Waals surface area contributed by atoms with Crippen molar-refractivity contribution in [2.24, 2.45) is 0 Å². The molecule has 0 saturated carbocycles. The fraction of sp³-hybridized carbons (Fsp3) is 0. The molecule has 0 aliphatic rings. The molecule has 0 aliphatic carbocycles. The second-order valence-corrected chi connectivity index (χ2v) is 2.74. The molecule has 3 heteroatoms. The Kier molecular flexibility index (Phi) is 3.09. The van der Waals surface area contributed by atoms with E-state index in [1.54, 1.807) is 24.3 Å². The van der Waals surface area contributed by atoms with Gasteiger partial charge in [0.1, 0.15) is 6.07 Å². The van der Waals surface area contributed by atoms with Crippen LogP contribution in [0.5, 0.6) is 0 Å². The van der Waals surface area contributed by atoms with Crippen LogP contribution in [0.2, 0.25) is 5.02 Å². The maximum atomic E-state index is 8.68. The Morgan fingerprint density at radius 1 is 1.23 bits per heavy atom. The first kappa shape index (κ1) is 9.32. The highest BCUT2D eigenvalue weighted by Crippen LogP contribution is 2.16. The molecule has 13 heavy (non-hydrogen) atoms. The molecule has 0 N–H and O–H groups in total. The summed E-state index contributed by atoms with van der Waals surface area (Å²) in [6.07, 6.45) is 1.21. The largest absolute Gasteiger partial charge is 0.193 e. The molecule has 0 aliphatic heterocycles. The maximum Gasteiger partial charge on any atom is 0.101 e. The van der Waals surface area contributed by atoms with Gasteiger partial charge in [-0.15, -0.1) is 0 Å². The van der Waals surface area contributed by atoms with Crippen molar-refractivity contribution in [3.05, 3.63) is 40.9 Å². The number of nitriles is 2. The summed E-state index contributed by atoms with van der Waals surface area (Å²) < 4.78 is 0. The Morgan fingerprint density at radius 3 is 2.31 bits per heavy atom. The SMILES string of the molecule is N#C/C=C(\C#N)c1ccc(Cl)cc1. The summed E-state index contributed by atoms with van der Waals surface area (Å²) in [5.74, 6) is 0. The van der Waals surface area contributed by atoms with Crippen LogP contribution >= 0.6 is 11.6 Å². The quantitative estimate of drug-likeness (QED) is 0.637. The molecule has 0 atom stereocenters. The zero-order valence-electron chi connectivity index (χ0n) is 6.66. The lowest BCUT2D eigenvalue weighted by Crippen LogP contribution is -1.79. The van der Waals surface area contributed by atoms with Gasteiger partial charge >= 0.3 is 0 Å². The van der Waals surface area contributed by atoms with Crippen LogP contribution < -0.4 is 0 Å². The Morgan fingerprint density at radius 2 is 1.85 bits per heavy atom. The number of benzene rings is 1. The van der Waals surface area contributed by atoms with Crippen molar-refractivity contribution in [2.75, 3.05) is 0 Å². The normalized spacial score (nSPS) is 10.2. The summed E-state index contributed by atoms with van der Waals surface area (Å²) in [6.45, 7) is 0. The first-order chi connectivity index (χ1) is 6.27. The predicted molar refractivity (Wildman–Crippen MR) is 50.7 cm³/mol. The molecule has 1 aromatic rings. The van der Waals surface area contributed by atoms with E-state index in [1.807, 2.05) is 12.1 Å². The summed E-state index contributed by atoms with van der Waals surface area (Å²) >= 11 is 5.67. The van der Waals surface area contributed by atoms with Gasteiger partial charge in [0.15, 0.2) is 0 Å². The molecule has 0 spiro atoms. The van der Waals surface area contributed by atoms with Crippen molar-refractivity contribution in [3.8, 4) is 12.1 Å². The lowest BCUT2D eigenvalue weighted by molar-refractivity contribution is 1.50. The van der Waals surface area contributed by atoms with Crippen LogP contribution in [0, 0.1) is 22.7 Å². The van der Waals surface area contributed by atoms with E-state index in [-0.39, 0.29) is 0 Å². The zero-order chi connectivity index (χ0) is 9.68. The number of halogens is 1. The first-order valence-corrected chi connectivity index (χ1v) is 3.91. The molecule has 2 nitrogen and oxygen atoms in total. The van der Waals surface area contributed by atoms with Gasteiger partial charge in [-0.25, -0.2) is 0 Å². The topological polar surface area (TPSA) is 47.6 Å². The average Bonchev–Trinajstić information content (AvgIpc) is 2.16. The minimum atomic E-state index is 0.346. The molecule has 0 heterocycles. The summed E-state index contributed by atoms with van der Waals surface area (Å²) in [6, 6.07) is 10.5. The van der Waals surface area contributed by atoms with Crippen LogP contribution in [-0.4, -0.2) is 0 Å². The molecule has 0 saturated heterocycles. The van der Waals surface area contributed by atoms with Gasteiger partial charge in [0.2, 0.25) is 0 Å². The lowest BCUT2D eigenvalue weighted by Gasteiger charge is -1.95. The second kappa shape index (κ2) is 4.30. The smallest absolute Gasteiger partial charge is 0.101 e. The predicted octanol–water partition coefficient (Wildman–Crippen LogP) is 2.77. The molecule has 0 radical (unpaired) electrons. The Labute approximate surface area is 81.3 Å². The van der Waals surface area contributed by atoms with Gasteiger partial charge < -0.3 is 0 Å². The fourth-order valence-electron chi connectivity index (χ4n) is 0.874. The minimum Gasteiger partial charge on any atom is -0.193 e. The standard InChI is InChI=1S/C10H5ClN2/c11-10-3-1-8(2-4-10)9(7-13)5-6-12/h1-5H/b9-5+. The monoisotopic (exact) mass is 188 g/mol. The van der Waals surface area contributed by atoms with E-state index in [1.165, 1.54) is 6.08 Å². The molecule has 1 aromatic carbocycles. The highest BCUT2D eigenvalue weighted by molar-refractivity contribution is 6.30. The second-order valence-electron chi connectivity index (χ2n) is 2.31. The van der Waals surface area contributed by atoms with Crippen LogP contribution in [0.4, 0.5) is 0 Å². The van der Waals surface area contributed by atoms with Crippen LogP contribution in [0.25, 0.3) is 5.57 Å². The third-order valence-electron chi connectivity index (χ3n) is 1.48. The summed E-state index contributed by atoms with van der Waals surface area (Å²) in [5, 5.41) is 17.7. The molecule has 0 fully saturated rings. The van der Waals surface area contributed by atoms with Crippen molar-refractivity contribution in [3.63, 3.8) is 0 Å². The number of allylic oxidation sites excluding steroid dienone is 2. The molecule has 0 amide bonds. The minimum absolute atomic E-state index is 0.346. The Bertz CT molecular complexity index is 404. The van der Waals surface area contributed by atoms with Gasteiger partial charge in [-0.3, -0.25) is 0 Å². The van der Waals surface area contributed by atoms with Gasteiger partial charge in [0, 0.05) is 11.1 Å².